The summed E-state index contributed by atoms with van der Waals surface area (Å²) in [4.78, 5) is 52.8. The number of amides is 1. The van der Waals surface area contributed by atoms with Gasteiger partial charge in [-0.15, -0.1) is 0 Å². The minimum atomic E-state index is -0.603. The molecular weight excluding hydrogens is 412 g/mol. The molecule has 9 nitrogen and oxygen atoms in total. The van der Waals surface area contributed by atoms with Crippen molar-refractivity contribution in [3.63, 3.8) is 0 Å². The van der Waals surface area contributed by atoms with Gasteiger partial charge in [-0.25, -0.2) is 9.59 Å². The van der Waals surface area contributed by atoms with Gasteiger partial charge in [0.15, 0.2) is 0 Å². The van der Waals surface area contributed by atoms with Crippen LogP contribution in [0.3, 0.4) is 0 Å². The Balaban J connectivity index is 1.68. The highest BCUT2D eigenvalue weighted by Gasteiger charge is 2.20. The highest BCUT2D eigenvalue weighted by atomic mass is 16.5. The van der Waals surface area contributed by atoms with Gasteiger partial charge in [-0.2, -0.15) is 0 Å². The van der Waals surface area contributed by atoms with Gasteiger partial charge >= 0.3 is 11.7 Å². The lowest BCUT2D eigenvalue weighted by Crippen LogP contribution is -2.36. The zero-order valence-corrected chi connectivity index (χ0v) is 17.4. The first-order valence-electron chi connectivity index (χ1n) is 9.75. The molecule has 2 N–H and O–H groups in total. The predicted molar refractivity (Wildman–Crippen MR) is 119 cm³/mol. The van der Waals surface area contributed by atoms with E-state index in [0.717, 1.165) is 10.1 Å². The molecule has 9 heteroatoms. The molecule has 2 aromatic heterocycles. The van der Waals surface area contributed by atoms with Gasteiger partial charge in [0, 0.05) is 18.9 Å². The second-order valence-corrected chi connectivity index (χ2v) is 7.21. The van der Waals surface area contributed by atoms with Gasteiger partial charge in [0.1, 0.15) is 5.52 Å². The van der Waals surface area contributed by atoms with E-state index in [1.165, 1.54) is 30.0 Å². The maximum Gasteiger partial charge on any atom is 0.337 e. The summed E-state index contributed by atoms with van der Waals surface area (Å²) in [6.45, 7) is 0.115. The third-order valence-electron chi connectivity index (χ3n) is 5.10. The number of fused-ring (bicyclic) bond motifs is 1. The van der Waals surface area contributed by atoms with E-state index in [0.29, 0.717) is 11.3 Å². The number of nitrogens with one attached hydrogen (secondary N) is 2. The van der Waals surface area contributed by atoms with Crippen LogP contribution in [-0.4, -0.2) is 33.1 Å². The van der Waals surface area contributed by atoms with Crippen molar-refractivity contribution in [3.8, 4) is 0 Å². The molecule has 0 aliphatic heterocycles. The average Bonchev–Trinajstić information content (AvgIpc) is 3.13. The van der Waals surface area contributed by atoms with E-state index in [1.54, 1.807) is 19.2 Å². The number of benzene rings is 2. The molecule has 0 radical (unpaired) electrons. The summed E-state index contributed by atoms with van der Waals surface area (Å²) < 4.78 is 7.27. The van der Waals surface area contributed by atoms with Crippen LogP contribution in [0.5, 0.6) is 0 Å². The van der Waals surface area contributed by atoms with E-state index in [2.05, 4.69) is 15.0 Å². The van der Waals surface area contributed by atoms with E-state index in [9.17, 15) is 19.2 Å². The fourth-order valence-corrected chi connectivity index (χ4v) is 3.49. The van der Waals surface area contributed by atoms with Crippen LogP contribution in [0.1, 0.15) is 26.3 Å². The summed E-state index contributed by atoms with van der Waals surface area (Å²) in [5.74, 6) is -0.987. The number of nitrogens with zero attached hydrogens (tertiary/aromatic N) is 2. The maximum absolute atomic E-state index is 13.0. The molecule has 162 valence electrons. The monoisotopic (exact) mass is 432 g/mol. The normalized spacial score (nSPS) is 10.8. The van der Waals surface area contributed by atoms with Gasteiger partial charge in [0.2, 0.25) is 0 Å². The molecule has 0 saturated heterocycles. The van der Waals surface area contributed by atoms with Gasteiger partial charge in [-0.1, -0.05) is 30.3 Å². The molecule has 0 atom stereocenters. The molecule has 4 rings (SSSR count). The summed E-state index contributed by atoms with van der Waals surface area (Å²) in [7, 11) is 2.92. The van der Waals surface area contributed by atoms with Crippen LogP contribution in [0.15, 0.2) is 70.4 Å². The molecule has 4 aromatic rings. The van der Waals surface area contributed by atoms with Crippen molar-refractivity contribution < 1.29 is 14.3 Å². The van der Waals surface area contributed by atoms with Crippen molar-refractivity contribution in [1.82, 2.24) is 14.1 Å². The summed E-state index contributed by atoms with van der Waals surface area (Å²) in [5, 5.41) is 2.71. The number of aromatic nitrogens is 3. The smallest absolute Gasteiger partial charge is 0.337 e. The standard InChI is InChI=1S/C23H20N4O5/c1-26-13-17(20(28)24-16-10-8-15(9-11-16)22(30)32-2)18-19(26)21(29)27(23(31)25-18)12-14-6-4-3-5-7-14/h3-11,13H,12H2,1-2H3,(H,24,28)(H,25,31). The lowest BCUT2D eigenvalue weighted by Gasteiger charge is -2.07. The number of ether oxygens (including phenoxy) is 1. The minimum Gasteiger partial charge on any atom is -0.465 e. The van der Waals surface area contributed by atoms with Crippen LogP contribution in [-0.2, 0) is 18.3 Å². The molecule has 2 heterocycles. The van der Waals surface area contributed by atoms with Gasteiger partial charge in [-0.3, -0.25) is 14.2 Å². The highest BCUT2D eigenvalue weighted by molar-refractivity contribution is 6.11. The molecule has 0 aliphatic carbocycles. The first-order valence-corrected chi connectivity index (χ1v) is 9.75. The van der Waals surface area contributed by atoms with Crippen molar-refractivity contribution >= 4 is 28.6 Å². The number of rotatable bonds is 5. The first kappa shape index (κ1) is 20.9. The number of esters is 1. The Morgan fingerprint density at radius 2 is 1.72 bits per heavy atom. The Kier molecular flexibility index (Phi) is 5.46. The molecule has 0 aliphatic rings. The lowest BCUT2D eigenvalue weighted by atomic mass is 10.2. The minimum absolute atomic E-state index is 0.115. The summed E-state index contributed by atoms with van der Waals surface area (Å²) in [5.41, 5.74) is 1.04. The Morgan fingerprint density at radius 1 is 1.03 bits per heavy atom. The number of aryl methyl sites for hydroxylation is 1. The molecule has 0 bridgehead atoms. The number of hydrogen-bond acceptors (Lipinski definition) is 5. The molecule has 0 fully saturated rings. The van der Waals surface area contributed by atoms with E-state index >= 15 is 0 Å². The molecular formula is C23H20N4O5. The second kappa shape index (κ2) is 8.38. The van der Waals surface area contributed by atoms with Gasteiger partial charge in [-0.05, 0) is 29.8 Å². The first-order chi connectivity index (χ1) is 15.4. The fraction of sp³-hybridized carbons (Fsp3) is 0.130. The topological polar surface area (TPSA) is 115 Å². The largest absolute Gasteiger partial charge is 0.465 e. The fourth-order valence-electron chi connectivity index (χ4n) is 3.49. The van der Waals surface area contributed by atoms with Crippen LogP contribution in [0.25, 0.3) is 11.0 Å². The van der Waals surface area contributed by atoms with Gasteiger partial charge in [0.05, 0.1) is 30.3 Å². The van der Waals surface area contributed by atoms with Crippen molar-refractivity contribution in [1.29, 1.82) is 0 Å². The van der Waals surface area contributed by atoms with Gasteiger partial charge in [0.25, 0.3) is 11.5 Å². The van der Waals surface area contributed by atoms with Crippen molar-refractivity contribution in [2.45, 2.75) is 6.54 Å². The highest BCUT2D eigenvalue weighted by Crippen LogP contribution is 2.17. The van der Waals surface area contributed by atoms with E-state index < -0.39 is 23.1 Å². The van der Waals surface area contributed by atoms with Crippen molar-refractivity contribution in [2.75, 3.05) is 12.4 Å². The van der Waals surface area contributed by atoms with Crippen LogP contribution >= 0.6 is 0 Å². The van der Waals surface area contributed by atoms with E-state index in [4.69, 9.17) is 0 Å². The number of carbonyl (C=O) groups excluding carboxylic acids is 2. The van der Waals surface area contributed by atoms with Gasteiger partial charge < -0.3 is 19.6 Å². The number of hydrogen-bond donors (Lipinski definition) is 2. The zero-order chi connectivity index (χ0) is 22.8. The maximum atomic E-state index is 13.0. The lowest BCUT2D eigenvalue weighted by molar-refractivity contribution is 0.0600. The Bertz CT molecular complexity index is 1430. The molecule has 2 aromatic carbocycles. The molecule has 1 amide bonds. The van der Waals surface area contributed by atoms with E-state index in [1.807, 2.05) is 30.3 Å². The number of aromatic amines is 1. The third kappa shape index (κ3) is 3.83. The molecule has 0 spiro atoms. The summed E-state index contributed by atoms with van der Waals surface area (Å²) in [6, 6.07) is 15.3. The van der Waals surface area contributed by atoms with Crippen LogP contribution < -0.4 is 16.6 Å². The third-order valence-corrected chi connectivity index (χ3v) is 5.10. The van der Waals surface area contributed by atoms with E-state index in [-0.39, 0.29) is 23.1 Å². The van der Waals surface area contributed by atoms with Crippen LogP contribution in [0.2, 0.25) is 0 Å². The molecule has 32 heavy (non-hydrogen) atoms. The Hall–Kier alpha value is -4.40. The van der Waals surface area contributed by atoms with Crippen molar-refractivity contribution in [3.05, 3.63) is 98.3 Å². The second-order valence-electron chi connectivity index (χ2n) is 7.21. The predicted octanol–water partition coefficient (Wildman–Crippen LogP) is 2.12. The Morgan fingerprint density at radius 3 is 2.38 bits per heavy atom. The summed E-state index contributed by atoms with van der Waals surface area (Å²) >= 11 is 0. The quantitative estimate of drug-likeness (QED) is 0.469. The SMILES string of the molecule is COC(=O)c1ccc(NC(=O)c2cn(C)c3c(=O)n(Cc4ccccc4)c(=O)[nH]c23)cc1. The van der Waals surface area contributed by atoms with Crippen molar-refractivity contribution in [2.24, 2.45) is 7.05 Å². The number of H-pyrrole nitrogens is 1. The zero-order valence-electron chi connectivity index (χ0n) is 17.4. The number of anilines is 1. The average molecular weight is 432 g/mol. The molecule has 0 unspecified atom stereocenters. The number of methoxy groups -OCH3 is 1. The Labute approximate surface area is 181 Å². The summed E-state index contributed by atoms with van der Waals surface area (Å²) in [6.07, 6.45) is 1.49. The van der Waals surface area contributed by atoms with Crippen LogP contribution in [0, 0.1) is 0 Å². The van der Waals surface area contributed by atoms with Crippen LogP contribution in [0.4, 0.5) is 5.69 Å². The number of carbonyl (C=O) groups is 2. The molecule has 0 saturated carbocycles.